The van der Waals surface area contributed by atoms with Crippen LogP contribution >= 0.6 is 15.9 Å². The van der Waals surface area contributed by atoms with E-state index in [1.165, 1.54) is 31.3 Å². The Kier molecular flexibility index (Phi) is 5.45. The summed E-state index contributed by atoms with van der Waals surface area (Å²) in [5.74, 6) is -0.454. The molecular formula is C18H16BrN3O4S. The number of carbonyl (C=O) groups is 1. The van der Waals surface area contributed by atoms with E-state index in [0.717, 1.165) is 8.78 Å². The number of fused-ring (bicyclic) bond motifs is 1. The second-order valence-electron chi connectivity index (χ2n) is 5.89. The van der Waals surface area contributed by atoms with Crippen molar-refractivity contribution in [2.45, 2.75) is 4.90 Å². The summed E-state index contributed by atoms with van der Waals surface area (Å²) in [4.78, 5) is 26.2. The van der Waals surface area contributed by atoms with Crippen molar-refractivity contribution in [2.24, 2.45) is 0 Å². The molecule has 0 saturated carbocycles. The van der Waals surface area contributed by atoms with Crippen molar-refractivity contribution in [1.29, 1.82) is 0 Å². The van der Waals surface area contributed by atoms with Crippen LogP contribution in [0.5, 0.6) is 0 Å². The molecule has 3 aromatic rings. The molecule has 0 atom stereocenters. The van der Waals surface area contributed by atoms with Gasteiger partial charge in [-0.1, -0.05) is 22.0 Å². The number of halogens is 1. The summed E-state index contributed by atoms with van der Waals surface area (Å²) >= 11 is 3.31. The molecule has 0 bridgehead atoms. The molecule has 0 radical (unpaired) electrons. The normalized spacial score (nSPS) is 11.7. The molecule has 1 amide bonds. The number of carbonyl (C=O) groups excluding carboxylic acids is 1. The number of benzene rings is 2. The molecule has 0 aliphatic heterocycles. The molecule has 0 spiro atoms. The lowest BCUT2D eigenvalue weighted by atomic mass is 10.2. The van der Waals surface area contributed by atoms with Crippen LogP contribution < -0.4 is 10.9 Å². The van der Waals surface area contributed by atoms with E-state index < -0.39 is 15.9 Å². The van der Waals surface area contributed by atoms with Gasteiger partial charge < -0.3 is 10.3 Å². The summed E-state index contributed by atoms with van der Waals surface area (Å²) in [5.41, 5.74) is 0.839. The Hall–Kier alpha value is -2.49. The fourth-order valence-corrected chi connectivity index (χ4v) is 4.09. The molecule has 0 unspecified atom stereocenters. The molecule has 0 fully saturated rings. The quantitative estimate of drug-likeness (QED) is 0.624. The minimum absolute atomic E-state index is 0.0415. The third-order valence-corrected chi connectivity index (χ3v) is 6.17. The third-order valence-electron chi connectivity index (χ3n) is 3.88. The minimum atomic E-state index is -3.86. The summed E-state index contributed by atoms with van der Waals surface area (Å²) in [6.07, 6.45) is 0. The number of nitrogens with zero attached hydrogens (tertiary/aromatic N) is 1. The fourth-order valence-electron chi connectivity index (χ4n) is 2.53. The molecule has 1 aromatic heterocycles. The van der Waals surface area contributed by atoms with Gasteiger partial charge in [-0.3, -0.25) is 9.59 Å². The summed E-state index contributed by atoms with van der Waals surface area (Å²) in [6, 6.07) is 14.3. The number of hydrogen-bond donors (Lipinski definition) is 2. The number of nitrogens with one attached hydrogen (secondary N) is 2. The zero-order valence-electron chi connectivity index (χ0n) is 14.3. The van der Waals surface area contributed by atoms with Gasteiger partial charge in [-0.15, -0.1) is 0 Å². The highest BCUT2D eigenvalue weighted by atomic mass is 79.9. The molecule has 0 aliphatic carbocycles. The smallest absolute Gasteiger partial charge is 0.248 e. The topological polar surface area (TPSA) is 99.3 Å². The number of anilines is 1. The Balaban J connectivity index is 1.78. The van der Waals surface area contributed by atoms with Gasteiger partial charge in [0.15, 0.2) is 0 Å². The van der Waals surface area contributed by atoms with Crippen LogP contribution in [0.3, 0.4) is 0 Å². The third kappa shape index (κ3) is 4.44. The molecule has 3 rings (SSSR count). The average molecular weight is 450 g/mol. The molecule has 140 valence electrons. The number of likely N-dealkylation sites (N-methyl/N-ethyl adjacent to an activating group) is 1. The first-order valence-electron chi connectivity index (χ1n) is 7.90. The van der Waals surface area contributed by atoms with E-state index in [4.69, 9.17) is 0 Å². The van der Waals surface area contributed by atoms with E-state index in [0.29, 0.717) is 16.6 Å². The Morgan fingerprint density at radius 2 is 1.93 bits per heavy atom. The SMILES string of the molecule is CN(CC(=O)Nc1cccc(Br)c1)S(=O)(=O)c1ccc2[nH]c(=O)ccc2c1. The first kappa shape index (κ1) is 19.3. The number of hydrogen-bond acceptors (Lipinski definition) is 4. The molecule has 0 aliphatic rings. The highest BCUT2D eigenvalue weighted by molar-refractivity contribution is 9.10. The van der Waals surface area contributed by atoms with Crippen LogP contribution in [0.4, 0.5) is 5.69 Å². The summed E-state index contributed by atoms with van der Waals surface area (Å²) < 4.78 is 27.3. The van der Waals surface area contributed by atoms with E-state index in [9.17, 15) is 18.0 Å². The molecule has 0 saturated heterocycles. The molecule has 27 heavy (non-hydrogen) atoms. The van der Waals surface area contributed by atoms with Crippen LogP contribution in [0, 0.1) is 0 Å². The molecular weight excluding hydrogens is 434 g/mol. The summed E-state index contributed by atoms with van der Waals surface area (Å²) in [7, 11) is -2.52. The van der Waals surface area contributed by atoms with Crippen LogP contribution in [-0.4, -0.2) is 37.2 Å². The second kappa shape index (κ2) is 7.63. The van der Waals surface area contributed by atoms with Crippen LogP contribution in [0.1, 0.15) is 0 Å². The maximum atomic E-state index is 12.8. The second-order valence-corrected chi connectivity index (χ2v) is 8.85. The van der Waals surface area contributed by atoms with E-state index >= 15 is 0 Å². The lowest BCUT2D eigenvalue weighted by molar-refractivity contribution is -0.116. The van der Waals surface area contributed by atoms with Crippen LogP contribution in [0.25, 0.3) is 10.9 Å². The monoisotopic (exact) mass is 449 g/mol. The van der Waals surface area contributed by atoms with E-state index in [1.807, 2.05) is 6.07 Å². The average Bonchev–Trinajstić information content (AvgIpc) is 2.61. The first-order valence-corrected chi connectivity index (χ1v) is 10.1. The fraction of sp³-hybridized carbons (Fsp3) is 0.111. The van der Waals surface area contributed by atoms with Gasteiger partial charge >= 0.3 is 0 Å². The van der Waals surface area contributed by atoms with Gasteiger partial charge in [-0.25, -0.2) is 8.42 Å². The lowest BCUT2D eigenvalue weighted by Crippen LogP contribution is -2.35. The van der Waals surface area contributed by atoms with E-state index in [1.54, 1.807) is 24.3 Å². The first-order chi connectivity index (χ1) is 12.8. The number of aromatic amines is 1. The van der Waals surface area contributed by atoms with Gasteiger partial charge in [0, 0.05) is 28.8 Å². The Morgan fingerprint density at radius 1 is 1.15 bits per heavy atom. The van der Waals surface area contributed by atoms with Crippen molar-refractivity contribution in [3.63, 3.8) is 0 Å². The summed E-state index contributed by atoms with van der Waals surface area (Å²) in [6.45, 7) is -0.335. The van der Waals surface area contributed by atoms with E-state index in [2.05, 4.69) is 26.2 Å². The van der Waals surface area contributed by atoms with Crippen molar-refractivity contribution in [2.75, 3.05) is 18.9 Å². The molecule has 7 nitrogen and oxygen atoms in total. The predicted molar refractivity (Wildman–Crippen MR) is 107 cm³/mol. The van der Waals surface area contributed by atoms with Crippen molar-refractivity contribution in [3.8, 4) is 0 Å². The zero-order valence-corrected chi connectivity index (χ0v) is 16.7. The lowest BCUT2D eigenvalue weighted by Gasteiger charge is -2.17. The van der Waals surface area contributed by atoms with Crippen molar-refractivity contribution in [3.05, 3.63) is 69.4 Å². The van der Waals surface area contributed by atoms with Gasteiger partial charge in [0.2, 0.25) is 21.5 Å². The zero-order chi connectivity index (χ0) is 19.6. The number of pyridine rings is 1. The van der Waals surface area contributed by atoms with Gasteiger partial charge in [0.25, 0.3) is 0 Å². The Bertz CT molecular complexity index is 1170. The number of rotatable bonds is 5. The number of aromatic nitrogens is 1. The van der Waals surface area contributed by atoms with E-state index in [-0.39, 0.29) is 17.0 Å². The Morgan fingerprint density at radius 3 is 2.67 bits per heavy atom. The number of amides is 1. The number of H-pyrrole nitrogens is 1. The highest BCUT2D eigenvalue weighted by Gasteiger charge is 2.23. The largest absolute Gasteiger partial charge is 0.325 e. The predicted octanol–water partition coefficient (Wildman–Crippen LogP) is 2.55. The molecule has 9 heteroatoms. The Labute approximate surface area is 164 Å². The van der Waals surface area contributed by atoms with Gasteiger partial charge in [-0.05, 0) is 47.9 Å². The maximum Gasteiger partial charge on any atom is 0.248 e. The van der Waals surface area contributed by atoms with Crippen LogP contribution in [0.2, 0.25) is 0 Å². The highest BCUT2D eigenvalue weighted by Crippen LogP contribution is 2.20. The molecule has 2 N–H and O–H groups in total. The van der Waals surface area contributed by atoms with Crippen molar-refractivity contribution < 1.29 is 13.2 Å². The maximum absolute atomic E-state index is 12.8. The van der Waals surface area contributed by atoms with Gasteiger partial charge in [0.05, 0.1) is 11.4 Å². The summed E-state index contributed by atoms with van der Waals surface area (Å²) in [5, 5.41) is 3.24. The number of sulfonamides is 1. The molecule has 1 heterocycles. The van der Waals surface area contributed by atoms with Gasteiger partial charge in [0.1, 0.15) is 0 Å². The van der Waals surface area contributed by atoms with Crippen molar-refractivity contribution >= 4 is 48.5 Å². The minimum Gasteiger partial charge on any atom is -0.325 e. The van der Waals surface area contributed by atoms with Crippen LogP contribution in [0.15, 0.2) is 68.8 Å². The van der Waals surface area contributed by atoms with Crippen LogP contribution in [-0.2, 0) is 14.8 Å². The van der Waals surface area contributed by atoms with Gasteiger partial charge in [-0.2, -0.15) is 4.31 Å². The molecule has 2 aromatic carbocycles. The standard InChI is InChI=1S/C18H16BrN3O4S/c1-22(11-18(24)20-14-4-2-3-13(19)10-14)27(25,26)15-6-7-16-12(9-15)5-8-17(23)21-16/h2-10H,11H2,1H3,(H,20,24)(H,21,23). The van der Waals surface area contributed by atoms with Crippen molar-refractivity contribution in [1.82, 2.24) is 9.29 Å².